The van der Waals surface area contributed by atoms with Crippen LogP contribution >= 0.6 is 55.1 Å². The van der Waals surface area contributed by atoms with Gasteiger partial charge in [0.15, 0.2) is 11.6 Å². The molecule has 0 bridgehead atoms. The van der Waals surface area contributed by atoms with Crippen molar-refractivity contribution in [2.75, 3.05) is 0 Å². The Hall–Kier alpha value is -1.60. The molecule has 0 saturated carbocycles. The smallest absolute Gasteiger partial charge is 0.162 e. The van der Waals surface area contributed by atoms with Gasteiger partial charge in [0.25, 0.3) is 0 Å². The normalized spacial score (nSPS) is 20.7. The third kappa shape index (κ3) is 5.39. The Morgan fingerprint density at radius 2 is 1.39 bits per heavy atom. The lowest BCUT2D eigenvalue weighted by Crippen LogP contribution is -2.42. The average Bonchev–Trinajstić information content (AvgIpc) is 2.76. The van der Waals surface area contributed by atoms with E-state index in [1.807, 2.05) is 18.2 Å². The minimum Gasteiger partial charge on any atom is -0.486 e. The van der Waals surface area contributed by atoms with E-state index in [1.54, 1.807) is 12.1 Å². The second kappa shape index (κ2) is 10.1. The minimum absolute atomic E-state index is 0.0999. The van der Waals surface area contributed by atoms with Crippen molar-refractivity contribution >= 4 is 66.6 Å². The quantitative estimate of drug-likeness (QED) is 0.350. The molecule has 4 nitrogen and oxygen atoms in total. The lowest BCUT2D eigenvalue weighted by atomic mass is 9.64. The third-order valence-electron chi connectivity index (χ3n) is 7.46. The number of benzene rings is 2. The van der Waals surface area contributed by atoms with Gasteiger partial charge in [-0.05, 0) is 85.4 Å². The highest BCUT2D eigenvalue weighted by Crippen LogP contribution is 2.52. The molecule has 2 aromatic rings. The molecule has 0 fully saturated rings. The fraction of sp³-hybridized carbons (Fsp3) is 0.400. The second-order valence-corrected chi connectivity index (χ2v) is 14.6. The minimum atomic E-state index is -0.416. The number of carbonyl (C=O) groups excluding carboxylic acids is 2. The van der Waals surface area contributed by atoms with Crippen molar-refractivity contribution in [1.82, 2.24) is 5.32 Å². The van der Waals surface area contributed by atoms with Crippen molar-refractivity contribution in [3.63, 3.8) is 0 Å². The van der Waals surface area contributed by atoms with Crippen LogP contribution in [0.5, 0.6) is 5.75 Å². The Bertz CT molecular complexity index is 1370. The molecular formula is C30H29Br2Cl2NO3. The number of halogens is 4. The van der Waals surface area contributed by atoms with E-state index in [0.29, 0.717) is 28.6 Å². The van der Waals surface area contributed by atoms with Crippen molar-refractivity contribution in [3.8, 4) is 5.75 Å². The summed E-state index contributed by atoms with van der Waals surface area (Å²) >= 11 is 19.7. The second-order valence-electron chi connectivity index (χ2n) is 12.1. The van der Waals surface area contributed by atoms with Gasteiger partial charge in [-0.1, -0.05) is 57.0 Å². The lowest BCUT2D eigenvalue weighted by Gasteiger charge is -2.44. The molecule has 1 N–H and O–H groups in total. The molecule has 5 rings (SSSR count). The molecule has 0 amide bonds. The van der Waals surface area contributed by atoms with E-state index in [0.717, 1.165) is 55.5 Å². The fourth-order valence-corrected chi connectivity index (χ4v) is 7.81. The van der Waals surface area contributed by atoms with E-state index in [9.17, 15) is 9.59 Å². The third-order valence-corrected chi connectivity index (χ3v) is 9.23. The van der Waals surface area contributed by atoms with Crippen molar-refractivity contribution in [2.24, 2.45) is 10.8 Å². The molecule has 8 heteroatoms. The van der Waals surface area contributed by atoms with Gasteiger partial charge in [0, 0.05) is 56.9 Å². The summed E-state index contributed by atoms with van der Waals surface area (Å²) in [5.41, 5.74) is 4.75. The number of ketones is 2. The average molecular weight is 682 g/mol. The summed E-state index contributed by atoms with van der Waals surface area (Å²) in [5.74, 6) is 0.399. The molecule has 2 aromatic carbocycles. The number of allylic oxidation sites excluding steroid dienone is 4. The lowest BCUT2D eigenvalue weighted by molar-refractivity contribution is -0.119. The summed E-state index contributed by atoms with van der Waals surface area (Å²) in [4.78, 5) is 27.2. The first-order chi connectivity index (χ1) is 17.7. The molecule has 0 spiro atoms. The van der Waals surface area contributed by atoms with Gasteiger partial charge in [-0.25, -0.2) is 0 Å². The monoisotopic (exact) mass is 679 g/mol. The van der Waals surface area contributed by atoms with Gasteiger partial charge >= 0.3 is 0 Å². The van der Waals surface area contributed by atoms with Crippen molar-refractivity contribution in [2.45, 2.75) is 65.9 Å². The topological polar surface area (TPSA) is 55.4 Å². The zero-order valence-electron chi connectivity index (χ0n) is 21.7. The van der Waals surface area contributed by atoms with E-state index in [-0.39, 0.29) is 29.0 Å². The van der Waals surface area contributed by atoms with Crippen LogP contribution in [-0.2, 0) is 16.2 Å². The molecule has 2 aliphatic carbocycles. The highest BCUT2D eigenvalue weighted by Gasteiger charge is 2.46. The number of hydrogen-bond acceptors (Lipinski definition) is 4. The van der Waals surface area contributed by atoms with Crippen LogP contribution in [0.25, 0.3) is 0 Å². The molecule has 0 atom stereocenters. The summed E-state index contributed by atoms with van der Waals surface area (Å²) in [6, 6.07) is 9.24. The van der Waals surface area contributed by atoms with Crippen LogP contribution in [0.15, 0.2) is 61.8 Å². The molecule has 1 aliphatic heterocycles. The SMILES string of the molecule is CC1(C)CC(=O)C2=C(C1)NC1=C(C(=O)CC(C)(C)C1)C2c1cc(Br)c(OCc2ccc(Cl)cc2Cl)c(Br)c1. The molecule has 0 aromatic heterocycles. The van der Waals surface area contributed by atoms with Crippen LogP contribution in [-0.4, -0.2) is 11.6 Å². The number of carbonyl (C=O) groups is 2. The van der Waals surface area contributed by atoms with Gasteiger partial charge in [-0.3, -0.25) is 9.59 Å². The molecule has 0 radical (unpaired) electrons. The summed E-state index contributed by atoms with van der Waals surface area (Å²) in [6.45, 7) is 8.75. The van der Waals surface area contributed by atoms with E-state index in [2.05, 4.69) is 64.9 Å². The summed E-state index contributed by atoms with van der Waals surface area (Å²) < 4.78 is 7.58. The van der Waals surface area contributed by atoms with Crippen LogP contribution in [0.4, 0.5) is 0 Å². The predicted octanol–water partition coefficient (Wildman–Crippen LogP) is 9.07. The largest absolute Gasteiger partial charge is 0.486 e. The van der Waals surface area contributed by atoms with Gasteiger partial charge in [-0.15, -0.1) is 0 Å². The maximum absolute atomic E-state index is 13.6. The zero-order valence-corrected chi connectivity index (χ0v) is 26.4. The number of Topliss-reactive ketones (excluding diaryl/α,β-unsaturated/α-hetero) is 2. The molecule has 38 heavy (non-hydrogen) atoms. The Kier molecular flexibility index (Phi) is 7.43. The first-order valence-corrected chi connectivity index (χ1v) is 14.9. The van der Waals surface area contributed by atoms with Crippen molar-refractivity contribution in [1.29, 1.82) is 0 Å². The highest BCUT2D eigenvalue weighted by atomic mass is 79.9. The number of rotatable bonds is 4. The van der Waals surface area contributed by atoms with Gasteiger partial charge in [0.2, 0.25) is 0 Å². The Labute approximate surface area is 250 Å². The van der Waals surface area contributed by atoms with Gasteiger partial charge in [0.1, 0.15) is 12.4 Å². The summed E-state index contributed by atoms with van der Waals surface area (Å²) in [7, 11) is 0. The highest BCUT2D eigenvalue weighted by molar-refractivity contribution is 9.11. The van der Waals surface area contributed by atoms with Gasteiger partial charge in [0.05, 0.1) is 8.95 Å². The van der Waals surface area contributed by atoms with Gasteiger partial charge in [-0.2, -0.15) is 0 Å². The van der Waals surface area contributed by atoms with Crippen molar-refractivity contribution < 1.29 is 14.3 Å². The standard InChI is InChI=1S/C30H29Br2Cl2NO3/c1-29(2)10-21-26(23(36)12-29)25(27-22(35-21)11-30(3,4)13-24(27)37)16-7-18(31)28(19(32)8-16)38-14-15-5-6-17(33)9-20(15)34/h5-9,25,35H,10-14H2,1-4H3. The maximum atomic E-state index is 13.6. The molecule has 0 unspecified atom stereocenters. The molecule has 3 aliphatic rings. The Balaban J connectivity index is 1.56. The van der Waals surface area contributed by atoms with E-state index < -0.39 is 5.92 Å². The Morgan fingerprint density at radius 3 is 1.89 bits per heavy atom. The van der Waals surface area contributed by atoms with E-state index >= 15 is 0 Å². The maximum Gasteiger partial charge on any atom is 0.162 e. The first-order valence-electron chi connectivity index (χ1n) is 12.6. The molecule has 1 heterocycles. The van der Waals surface area contributed by atoms with E-state index in [4.69, 9.17) is 27.9 Å². The molecular weight excluding hydrogens is 653 g/mol. The number of hydrogen-bond donors (Lipinski definition) is 1. The van der Waals surface area contributed by atoms with Crippen LogP contribution < -0.4 is 10.1 Å². The van der Waals surface area contributed by atoms with Crippen molar-refractivity contribution in [3.05, 3.63) is 83.0 Å². The predicted molar refractivity (Wildman–Crippen MR) is 159 cm³/mol. The number of ether oxygens (including phenoxy) is 1. The fourth-order valence-electron chi connectivity index (χ4n) is 5.89. The molecule has 0 saturated heterocycles. The number of nitrogens with one attached hydrogen (secondary N) is 1. The van der Waals surface area contributed by atoms with Crippen LogP contribution in [0.1, 0.15) is 70.4 Å². The van der Waals surface area contributed by atoms with Crippen LogP contribution in [0, 0.1) is 10.8 Å². The Morgan fingerprint density at radius 1 is 0.868 bits per heavy atom. The zero-order chi connectivity index (χ0) is 27.6. The van der Waals surface area contributed by atoms with Crippen LogP contribution in [0.2, 0.25) is 10.0 Å². The first kappa shape index (κ1) is 27.9. The molecule has 200 valence electrons. The van der Waals surface area contributed by atoms with E-state index in [1.165, 1.54) is 0 Å². The summed E-state index contributed by atoms with van der Waals surface area (Å²) in [5, 5.41) is 4.67. The van der Waals surface area contributed by atoms with Gasteiger partial charge < -0.3 is 10.1 Å². The summed E-state index contributed by atoms with van der Waals surface area (Å²) in [6.07, 6.45) is 2.44. The van der Waals surface area contributed by atoms with Crippen LogP contribution in [0.3, 0.4) is 0 Å². The number of dihydropyridines is 1.